The van der Waals surface area contributed by atoms with E-state index in [1.807, 2.05) is 0 Å². The van der Waals surface area contributed by atoms with Gasteiger partial charge in [-0.05, 0) is 19.0 Å². The summed E-state index contributed by atoms with van der Waals surface area (Å²) in [7, 11) is 0. The van der Waals surface area contributed by atoms with E-state index in [2.05, 4.69) is 25.3 Å². The van der Waals surface area contributed by atoms with Crippen LogP contribution in [0.3, 0.4) is 0 Å². The molecule has 1 N–H and O–H groups in total. The highest BCUT2D eigenvalue weighted by atomic mass is 16.5. The van der Waals surface area contributed by atoms with Crippen molar-refractivity contribution in [3.8, 4) is 5.88 Å². The minimum absolute atomic E-state index is 0.133. The molecule has 1 unspecified atom stereocenters. The smallest absolute Gasteiger partial charge is 0.228 e. The highest BCUT2D eigenvalue weighted by Crippen LogP contribution is 2.20. The van der Waals surface area contributed by atoms with E-state index < -0.39 is 23.7 Å². The molecule has 0 aliphatic heterocycles. The van der Waals surface area contributed by atoms with Crippen molar-refractivity contribution in [1.82, 2.24) is 20.2 Å². The van der Waals surface area contributed by atoms with Crippen LogP contribution in [-0.4, -0.2) is 43.9 Å². The lowest BCUT2D eigenvalue weighted by atomic mass is 9.94. The van der Waals surface area contributed by atoms with Crippen molar-refractivity contribution < 1.29 is 14.3 Å². The summed E-state index contributed by atoms with van der Waals surface area (Å²) < 4.78 is 5.23. The Morgan fingerprint density at radius 3 is 2.85 bits per heavy atom. The predicted molar refractivity (Wildman–Crippen MR) is 67.1 cm³/mol. The molecular formula is C11H11N5O4. The number of hydrogen-bond donors (Lipinski definition) is 1. The molecule has 2 heterocycles. The van der Waals surface area contributed by atoms with Crippen LogP contribution in [0.4, 0.5) is 0 Å². The van der Waals surface area contributed by atoms with Gasteiger partial charge in [0.05, 0.1) is 6.20 Å². The number of carbonyl (C=O) groups is 2. The Hall–Kier alpha value is -2.71. The molecule has 0 aliphatic carbocycles. The first kappa shape index (κ1) is 13.7. The van der Waals surface area contributed by atoms with Gasteiger partial charge in [-0.1, -0.05) is 0 Å². The number of carbonyl (C=O) groups excluding carboxylic acids is 2. The second-order valence-electron chi connectivity index (χ2n) is 4.24. The van der Waals surface area contributed by atoms with Crippen molar-refractivity contribution in [1.29, 1.82) is 0 Å². The summed E-state index contributed by atoms with van der Waals surface area (Å²) in [4.78, 5) is 41.7. The highest BCUT2D eigenvalue weighted by Gasteiger charge is 2.40. The first-order valence-corrected chi connectivity index (χ1v) is 5.64. The normalized spacial score (nSPS) is 13.7. The molecule has 2 aromatic rings. The Balaban J connectivity index is 2.16. The van der Waals surface area contributed by atoms with E-state index in [1.54, 1.807) is 0 Å². The lowest BCUT2D eigenvalue weighted by molar-refractivity contribution is -0.133. The number of aromatic nitrogens is 4. The summed E-state index contributed by atoms with van der Waals surface area (Å²) in [6.45, 7) is 1.78. The molecule has 9 heteroatoms. The SMILES string of the molecule is CC(=O)C(C)(N=O)C(=O)COc1ncnc2[nH]ncc12. The zero-order valence-electron chi connectivity index (χ0n) is 10.8. The van der Waals surface area contributed by atoms with E-state index in [9.17, 15) is 14.5 Å². The van der Waals surface area contributed by atoms with Gasteiger partial charge in [0.25, 0.3) is 0 Å². The van der Waals surface area contributed by atoms with Gasteiger partial charge in [0, 0.05) is 0 Å². The van der Waals surface area contributed by atoms with Crippen molar-refractivity contribution >= 4 is 22.6 Å². The number of H-pyrrole nitrogens is 1. The number of fused-ring (bicyclic) bond motifs is 1. The maximum absolute atomic E-state index is 11.9. The zero-order chi connectivity index (χ0) is 14.8. The van der Waals surface area contributed by atoms with Gasteiger partial charge in [-0.15, -0.1) is 4.91 Å². The lowest BCUT2D eigenvalue weighted by Crippen LogP contribution is -2.43. The van der Waals surface area contributed by atoms with Crippen LogP contribution in [0.25, 0.3) is 11.0 Å². The standard InChI is InChI=1S/C11H11N5O4/c1-6(17)11(2,16-19)8(18)4-20-10-7-3-14-15-9(7)12-5-13-10/h3,5H,4H2,1-2H3,(H,12,13,14,15). The van der Waals surface area contributed by atoms with Crippen molar-refractivity contribution in [3.05, 3.63) is 17.4 Å². The van der Waals surface area contributed by atoms with Crippen molar-refractivity contribution in [2.45, 2.75) is 19.4 Å². The number of nitrogens with zero attached hydrogens (tertiary/aromatic N) is 4. The van der Waals surface area contributed by atoms with Gasteiger partial charge in [-0.2, -0.15) is 5.10 Å². The van der Waals surface area contributed by atoms with Crippen LogP contribution in [0.15, 0.2) is 17.7 Å². The molecule has 0 radical (unpaired) electrons. The first-order valence-electron chi connectivity index (χ1n) is 5.64. The maximum Gasteiger partial charge on any atom is 0.228 e. The van der Waals surface area contributed by atoms with Crippen LogP contribution >= 0.6 is 0 Å². The number of Topliss-reactive ketones (excluding diaryl/α,β-unsaturated/α-hetero) is 2. The van der Waals surface area contributed by atoms with E-state index in [0.717, 1.165) is 13.8 Å². The lowest BCUT2D eigenvalue weighted by Gasteiger charge is -2.16. The second kappa shape index (κ2) is 5.11. The number of rotatable bonds is 6. The van der Waals surface area contributed by atoms with Crippen molar-refractivity contribution in [2.24, 2.45) is 5.18 Å². The molecule has 0 amide bonds. The number of nitroso groups, excluding NO2 is 1. The largest absolute Gasteiger partial charge is 0.469 e. The summed E-state index contributed by atoms with van der Waals surface area (Å²) in [6.07, 6.45) is 2.68. The molecule has 9 nitrogen and oxygen atoms in total. The van der Waals surface area contributed by atoms with Crippen LogP contribution in [-0.2, 0) is 9.59 Å². The average molecular weight is 277 g/mol. The Bertz CT molecular complexity index is 682. The third-order valence-electron chi connectivity index (χ3n) is 2.96. The summed E-state index contributed by atoms with van der Waals surface area (Å²) in [5, 5.41) is 9.48. The molecule has 0 aliphatic rings. The van der Waals surface area contributed by atoms with Gasteiger partial charge in [0.15, 0.2) is 18.0 Å². The van der Waals surface area contributed by atoms with Gasteiger partial charge >= 0.3 is 0 Å². The molecule has 0 saturated heterocycles. The molecule has 0 fully saturated rings. The highest BCUT2D eigenvalue weighted by molar-refractivity contribution is 6.11. The molecule has 0 spiro atoms. The molecule has 104 valence electrons. The minimum atomic E-state index is -1.94. The molecule has 2 aromatic heterocycles. The van der Waals surface area contributed by atoms with E-state index in [4.69, 9.17) is 4.74 Å². The van der Waals surface area contributed by atoms with Gasteiger partial charge in [-0.3, -0.25) is 14.7 Å². The fraction of sp³-hybridized carbons (Fsp3) is 0.364. The van der Waals surface area contributed by atoms with E-state index in [1.165, 1.54) is 12.5 Å². The monoisotopic (exact) mass is 277 g/mol. The number of ketones is 2. The molecule has 0 aromatic carbocycles. The number of nitrogens with one attached hydrogen (secondary N) is 1. The van der Waals surface area contributed by atoms with E-state index >= 15 is 0 Å². The fourth-order valence-electron chi connectivity index (χ4n) is 1.44. The zero-order valence-corrected chi connectivity index (χ0v) is 10.8. The van der Waals surface area contributed by atoms with Gasteiger partial charge < -0.3 is 4.74 Å². The number of hydrogen-bond acceptors (Lipinski definition) is 8. The van der Waals surface area contributed by atoms with Crippen molar-refractivity contribution in [3.63, 3.8) is 0 Å². The Kier molecular flexibility index (Phi) is 3.51. The molecule has 2 rings (SSSR count). The van der Waals surface area contributed by atoms with E-state index in [-0.39, 0.29) is 5.88 Å². The maximum atomic E-state index is 11.9. The van der Waals surface area contributed by atoms with Crippen LogP contribution in [0.5, 0.6) is 5.88 Å². The number of ether oxygens (including phenoxy) is 1. The summed E-state index contributed by atoms with van der Waals surface area (Å²) in [5.74, 6) is -1.25. The molecule has 1 atom stereocenters. The summed E-state index contributed by atoms with van der Waals surface area (Å²) in [5.41, 5.74) is -1.49. The van der Waals surface area contributed by atoms with Crippen molar-refractivity contribution in [2.75, 3.05) is 6.61 Å². The predicted octanol–water partition coefficient (Wildman–Crippen LogP) is 0.415. The Morgan fingerprint density at radius 2 is 2.20 bits per heavy atom. The topological polar surface area (TPSA) is 127 Å². The third kappa shape index (κ3) is 2.25. The Morgan fingerprint density at radius 1 is 1.45 bits per heavy atom. The number of aromatic amines is 1. The Labute approximate surface area is 112 Å². The third-order valence-corrected chi connectivity index (χ3v) is 2.96. The summed E-state index contributed by atoms with van der Waals surface area (Å²) in [6, 6.07) is 0. The molecule has 0 bridgehead atoms. The van der Waals surface area contributed by atoms with Crippen LogP contribution < -0.4 is 4.74 Å². The molecular weight excluding hydrogens is 266 g/mol. The van der Waals surface area contributed by atoms with Crippen LogP contribution in [0, 0.1) is 4.91 Å². The minimum Gasteiger partial charge on any atom is -0.469 e. The van der Waals surface area contributed by atoms with Crippen LogP contribution in [0.1, 0.15) is 13.8 Å². The van der Waals surface area contributed by atoms with Gasteiger partial charge in [-0.25, -0.2) is 9.97 Å². The fourth-order valence-corrected chi connectivity index (χ4v) is 1.44. The van der Waals surface area contributed by atoms with Gasteiger partial charge in [0.2, 0.25) is 17.2 Å². The first-order chi connectivity index (χ1) is 9.49. The average Bonchev–Trinajstić information content (AvgIpc) is 2.92. The van der Waals surface area contributed by atoms with Crippen LogP contribution in [0.2, 0.25) is 0 Å². The molecule has 0 saturated carbocycles. The molecule has 20 heavy (non-hydrogen) atoms. The van der Waals surface area contributed by atoms with Gasteiger partial charge in [0.1, 0.15) is 11.7 Å². The van der Waals surface area contributed by atoms with E-state index in [0.29, 0.717) is 11.0 Å². The second-order valence-corrected chi connectivity index (χ2v) is 4.24. The summed E-state index contributed by atoms with van der Waals surface area (Å²) >= 11 is 0. The quantitative estimate of drug-likeness (QED) is 0.598.